The molecule has 0 aromatic heterocycles. The van der Waals surface area contributed by atoms with Gasteiger partial charge in [-0.1, -0.05) is 25.1 Å². The molecule has 3 unspecified atom stereocenters. The first-order valence-corrected chi connectivity index (χ1v) is 11.1. The third-order valence-electron chi connectivity index (χ3n) is 6.46. The van der Waals surface area contributed by atoms with Crippen molar-refractivity contribution in [2.45, 2.75) is 51.7 Å². The summed E-state index contributed by atoms with van der Waals surface area (Å²) in [6, 6.07) is 9.70. The summed E-state index contributed by atoms with van der Waals surface area (Å²) in [6.45, 7) is 12.2. The Morgan fingerprint density at radius 2 is 1.90 bits per heavy atom. The Balaban J connectivity index is 1.66. The van der Waals surface area contributed by atoms with Crippen LogP contribution in [0.1, 0.15) is 45.2 Å². The number of aliphatic imine (C=N–C) groups is 1. The molecule has 2 aliphatic heterocycles. The Kier molecular flexibility index (Phi) is 7.78. The summed E-state index contributed by atoms with van der Waals surface area (Å²) >= 11 is 0. The summed E-state index contributed by atoms with van der Waals surface area (Å²) < 4.78 is 5.67. The van der Waals surface area contributed by atoms with E-state index in [1.807, 2.05) is 13.1 Å². The van der Waals surface area contributed by atoms with Crippen LogP contribution in [0.5, 0.6) is 5.75 Å². The third kappa shape index (κ3) is 5.43. The highest BCUT2D eigenvalue weighted by atomic mass is 16.5. The molecule has 2 aliphatic rings. The molecule has 6 heteroatoms. The van der Waals surface area contributed by atoms with Gasteiger partial charge in [0.25, 0.3) is 0 Å². The Morgan fingerprint density at radius 3 is 2.52 bits per heavy atom. The van der Waals surface area contributed by atoms with E-state index in [0.29, 0.717) is 18.0 Å². The van der Waals surface area contributed by atoms with Crippen LogP contribution in [0.2, 0.25) is 0 Å². The summed E-state index contributed by atoms with van der Waals surface area (Å²) in [5.41, 5.74) is 1.25. The van der Waals surface area contributed by atoms with Crippen molar-refractivity contribution in [3.8, 4) is 5.75 Å². The van der Waals surface area contributed by atoms with Crippen LogP contribution in [0.3, 0.4) is 0 Å². The summed E-state index contributed by atoms with van der Waals surface area (Å²) in [5, 5.41) is 7.28. The van der Waals surface area contributed by atoms with Crippen LogP contribution < -0.4 is 15.4 Å². The molecule has 0 aliphatic carbocycles. The van der Waals surface area contributed by atoms with E-state index in [1.165, 1.54) is 18.4 Å². The van der Waals surface area contributed by atoms with Crippen LogP contribution >= 0.6 is 0 Å². The van der Waals surface area contributed by atoms with E-state index in [9.17, 15) is 0 Å². The summed E-state index contributed by atoms with van der Waals surface area (Å²) in [6.07, 6.45) is 2.53. The molecule has 2 fully saturated rings. The van der Waals surface area contributed by atoms with Gasteiger partial charge in [-0.05, 0) is 51.8 Å². The number of para-hydroxylation sites is 1. The van der Waals surface area contributed by atoms with Crippen molar-refractivity contribution < 1.29 is 4.74 Å². The van der Waals surface area contributed by atoms with Crippen LogP contribution in [0, 0.1) is 5.92 Å². The number of ether oxygens (including phenoxy) is 1. The molecule has 162 valence electrons. The first-order chi connectivity index (χ1) is 14.0. The normalized spacial score (nSPS) is 24.8. The fourth-order valence-electron chi connectivity index (χ4n) is 4.61. The smallest absolute Gasteiger partial charge is 0.191 e. The Morgan fingerprint density at radius 1 is 1.17 bits per heavy atom. The lowest BCUT2D eigenvalue weighted by Crippen LogP contribution is -2.48. The zero-order chi connectivity index (χ0) is 20.8. The maximum absolute atomic E-state index is 5.67. The van der Waals surface area contributed by atoms with Gasteiger partial charge in [0, 0.05) is 44.3 Å². The predicted octanol–water partition coefficient (Wildman–Crippen LogP) is 2.73. The highest BCUT2D eigenvalue weighted by Gasteiger charge is 2.32. The quantitative estimate of drug-likeness (QED) is 0.544. The lowest BCUT2D eigenvalue weighted by molar-refractivity contribution is 0.239. The molecule has 29 heavy (non-hydrogen) atoms. The largest absolute Gasteiger partial charge is 0.496 e. The molecule has 2 saturated heterocycles. The van der Waals surface area contributed by atoms with E-state index in [1.54, 1.807) is 7.11 Å². The minimum atomic E-state index is 0.278. The van der Waals surface area contributed by atoms with Crippen molar-refractivity contribution >= 4 is 5.96 Å². The molecule has 0 amide bonds. The minimum absolute atomic E-state index is 0.278. The molecule has 1 aromatic carbocycles. The van der Waals surface area contributed by atoms with Gasteiger partial charge >= 0.3 is 0 Å². The Hall–Kier alpha value is -1.79. The number of nitrogens with zero attached hydrogens (tertiary/aromatic N) is 3. The van der Waals surface area contributed by atoms with Gasteiger partial charge in [0.05, 0.1) is 13.2 Å². The number of likely N-dealkylation sites (tertiary alicyclic amines) is 2. The van der Waals surface area contributed by atoms with E-state index in [-0.39, 0.29) is 6.04 Å². The van der Waals surface area contributed by atoms with Gasteiger partial charge in [-0.3, -0.25) is 14.8 Å². The monoisotopic (exact) mass is 401 g/mol. The summed E-state index contributed by atoms with van der Waals surface area (Å²) in [5.74, 6) is 2.47. The van der Waals surface area contributed by atoms with Crippen LogP contribution in [-0.4, -0.2) is 74.7 Å². The first kappa shape index (κ1) is 21.9. The molecule has 3 atom stereocenters. The number of methoxy groups -OCH3 is 1. The van der Waals surface area contributed by atoms with E-state index >= 15 is 0 Å². The molecule has 6 nitrogen and oxygen atoms in total. The average Bonchev–Trinajstić information content (AvgIpc) is 3.38. The van der Waals surface area contributed by atoms with Crippen molar-refractivity contribution in [2.75, 3.05) is 46.9 Å². The van der Waals surface area contributed by atoms with Crippen molar-refractivity contribution in [1.29, 1.82) is 0 Å². The number of hydrogen-bond acceptors (Lipinski definition) is 4. The Bertz CT molecular complexity index is 671. The maximum Gasteiger partial charge on any atom is 0.191 e. The van der Waals surface area contributed by atoms with Crippen LogP contribution in [-0.2, 0) is 0 Å². The van der Waals surface area contributed by atoms with Crippen molar-refractivity contribution in [3.63, 3.8) is 0 Å². The number of rotatable bonds is 7. The fraction of sp³-hybridized carbons (Fsp3) is 0.696. The average molecular weight is 402 g/mol. The zero-order valence-corrected chi connectivity index (χ0v) is 18.8. The Labute approximate surface area is 176 Å². The zero-order valence-electron chi connectivity index (χ0n) is 18.8. The van der Waals surface area contributed by atoms with Gasteiger partial charge in [-0.25, -0.2) is 0 Å². The van der Waals surface area contributed by atoms with Gasteiger partial charge in [-0.15, -0.1) is 0 Å². The van der Waals surface area contributed by atoms with Crippen molar-refractivity contribution in [2.24, 2.45) is 10.9 Å². The van der Waals surface area contributed by atoms with E-state index in [2.05, 4.69) is 64.4 Å². The number of hydrogen-bond donors (Lipinski definition) is 2. The molecule has 2 N–H and O–H groups in total. The number of nitrogens with one attached hydrogen (secondary N) is 2. The lowest BCUT2D eigenvalue weighted by atomic mass is 10.0. The lowest BCUT2D eigenvalue weighted by Gasteiger charge is -2.30. The second-order valence-corrected chi connectivity index (χ2v) is 8.73. The van der Waals surface area contributed by atoms with Crippen molar-refractivity contribution in [1.82, 2.24) is 20.4 Å². The van der Waals surface area contributed by atoms with Crippen LogP contribution in [0.15, 0.2) is 29.3 Å². The number of guanidine groups is 1. The molecule has 0 radical (unpaired) electrons. The predicted molar refractivity (Wildman–Crippen MR) is 121 cm³/mol. The SMILES string of the molecule is CN=C(NCC(c1ccccc1OC)N1CCCC1)NC1CN(C(C)C)CC1C. The summed E-state index contributed by atoms with van der Waals surface area (Å²) in [7, 11) is 3.62. The van der Waals surface area contributed by atoms with Gasteiger partial charge < -0.3 is 15.4 Å². The summed E-state index contributed by atoms with van der Waals surface area (Å²) in [4.78, 5) is 9.62. The minimum Gasteiger partial charge on any atom is -0.496 e. The molecular formula is C23H39N5O. The maximum atomic E-state index is 5.67. The topological polar surface area (TPSA) is 52.1 Å². The van der Waals surface area contributed by atoms with E-state index in [4.69, 9.17) is 4.74 Å². The highest BCUT2D eigenvalue weighted by molar-refractivity contribution is 5.80. The molecule has 3 rings (SSSR count). The third-order valence-corrected chi connectivity index (χ3v) is 6.46. The molecule has 1 aromatic rings. The molecule has 0 spiro atoms. The highest BCUT2D eigenvalue weighted by Crippen LogP contribution is 2.31. The second kappa shape index (κ2) is 10.3. The van der Waals surface area contributed by atoms with Gasteiger partial charge in [0.15, 0.2) is 5.96 Å². The van der Waals surface area contributed by atoms with E-state index < -0.39 is 0 Å². The van der Waals surface area contributed by atoms with Crippen LogP contribution in [0.25, 0.3) is 0 Å². The second-order valence-electron chi connectivity index (χ2n) is 8.73. The molecule has 0 bridgehead atoms. The standard InChI is InChI=1S/C23H39N5O/c1-17(2)28-15-18(3)20(16-28)26-23(24-4)25-14-21(27-12-8-9-13-27)19-10-6-7-11-22(19)29-5/h6-7,10-11,17-18,20-21H,8-9,12-16H2,1-5H3,(H2,24,25,26). The molecular weight excluding hydrogens is 362 g/mol. The van der Waals surface area contributed by atoms with Gasteiger partial charge in [-0.2, -0.15) is 0 Å². The van der Waals surface area contributed by atoms with Gasteiger partial charge in [0.1, 0.15) is 5.75 Å². The number of benzene rings is 1. The first-order valence-electron chi connectivity index (χ1n) is 11.1. The fourth-order valence-corrected chi connectivity index (χ4v) is 4.61. The van der Waals surface area contributed by atoms with Crippen LogP contribution in [0.4, 0.5) is 0 Å². The van der Waals surface area contributed by atoms with E-state index in [0.717, 1.165) is 44.4 Å². The molecule has 2 heterocycles. The molecule has 0 saturated carbocycles. The van der Waals surface area contributed by atoms with Gasteiger partial charge in [0.2, 0.25) is 0 Å². The van der Waals surface area contributed by atoms with Crippen molar-refractivity contribution in [3.05, 3.63) is 29.8 Å².